The highest BCUT2D eigenvalue weighted by Crippen LogP contribution is 2.26. The predicted octanol–water partition coefficient (Wildman–Crippen LogP) is 2.67. The highest BCUT2D eigenvalue weighted by atomic mass is 16.5. The first-order valence-corrected chi connectivity index (χ1v) is 13.0. The van der Waals surface area contributed by atoms with Crippen LogP contribution in [0.25, 0.3) is 0 Å². The van der Waals surface area contributed by atoms with Crippen LogP contribution >= 0.6 is 0 Å². The lowest BCUT2D eigenvalue weighted by atomic mass is 10.1. The molecule has 36 heavy (non-hydrogen) atoms. The van der Waals surface area contributed by atoms with Crippen LogP contribution in [0.15, 0.2) is 48.5 Å². The first-order valence-electron chi connectivity index (χ1n) is 13.0. The fourth-order valence-corrected chi connectivity index (χ4v) is 4.59. The van der Waals surface area contributed by atoms with Crippen LogP contribution in [0.4, 0.5) is 11.4 Å². The molecule has 0 atom stereocenters. The number of amides is 2. The van der Waals surface area contributed by atoms with Gasteiger partial charge >= 0.3 is 0 Å². The van der Waals surface area contributed by atoms with E-state index in [0.29, 0.717) is 17.8 Å². The zero-order valence-corrected chi connectivity index (χ0v) is 21.5. The number of rotatable bonds is 9. The molecule has 2 aromatic carbocycles. The summed E-state index contributed by atoms with van der Waals surface area (Å²) in [5.74, 6) is -0.297. The van der Waals surface area contributed by atoms with E-state index in [9.17, 15) is 9.59 Å². The number of carbonyl (C=O) groups excluding carboxylic acids is 2. The predicted molar refractivity (Wildman–Crippen MR) is 143 cm³/mol. The Labute approximate surface area is 214 Å². The van der Waals surface area contributed by atoms with Crippen molar-refractivity contribution in [3.05, 3.63) is 59.7 Å². The largest absolute Gasteiger partial charge is 0.379 e. The molecule has 0 saturated carbocycles. The van der Waals surface area contributed by atoms with Crippen LogP contribution in [-0.2, 0) is 16.1 Å². The fraction of sp³-hybridized carbons (Fsp3) is 0.500. The lowest BCUT2D eigenvalue weighted by Crippen LogP contribution is -2.46. The summed E-state index contributed by atoms with van der Waals surface area (Å²) in [7, 11) is 0. The number of anilines is 2. The first-order chi connectivity index (χ1) is 17.5. The third-order valence-corrected chi connectivity index (χ3v) is 6.81. The van der Waals surface area contributed by atoms with Gasteiger partial charge in [-0.2, -0.15) is 0 Å². The number of morpholine rings is 1. The molecule has 2 aliphatic heterocycles. The van der Waals surface area contributed by atoms with Gasteiger partial charge in [-0.1, -0.05) is 44.2 Å². The van der Waals surface area contributed by atoms with Crippen molar-refractivity contribution in [1.29, 1.82) is 0 Å². The van der Waals surface area contributed by atoms with Gasteiger partial charge in [-0.25, -0.2) is 0 Å². The molecule has 2 aromatic rings. The maximum Gasteiger partial charge on any atom is 0.253 e. The Kier molecular flexibility index (Phi) is 9.33. The van der Waals surface area contributed by atoms with Gasteiger partial charge in [0.1, 0.15) is 0 Å². The van der Waals surface area contributed by atoms with Crippen molar-refractivity contribution in [2.24, 2.45) is 5.92 Å². The molecule has 2 saturated heterocycles. The van der Waals surface area contributed by atoms with Crippen LogP contribution in [0.3, 0.4) is 0 Å². The molecule has 0 radical (unpaired) electrons. The van der Waals surface area contributed by atoms with Gasteiger partial charge in [0.15, 0.2) is 0 Å². The molecule has 0 bridgehead atoms. The van der Waals surface area contributed by atoms with Crippen molar-refractivity contribution in [3.8, 4) is 0 Å². The molecule has 2 fully saturated rings. The number of carbonyl (C=O) groups is 2. The number of nitrogens with one attached hydrogen (secondary N) is 2. The third-order valence-electron chi connectivity index (χ3n) is 6.81. The van der Waals surface area contributed by atoms with E-state index in [4.69, 9.17) is 4.74 Å². The van der Waals surface area contributed by atoms with Gasteiger partial charge in [-0.15, -0.1) is 0 Å². The molecule has 8 heteroatoms. The van der Waals surface area contributed by atoms with E-state index in [2.05, 4.69) is 49.6 Å². The molecule has 0 aliphatic carbocycles. The van der Waals surface area contributed by atoms with Crippen molar-refractivity contribution >= 4 is 23.2 Å². The maximum atomic E-state index is 13.3. The lowest BCUT2D eigenvalue weighted by Gasteiger charge is -2.37. The summed E-state index contributed by atoms with van der Waals surface area (Å²) in [5, 5.41) is 6.04. The standard InChI is InChI=1S/C28H39N5O3/c1-22(2)27(34)30-24-8-9-26(25(20-24)28(35)29-10-11-31-16-18-36-19-17-31)33-14-12-32(13-15-33)21-23-6-4-3-5-7-23/h3-9,20,22H,10-19,21H2,1-2H3,(H,29,35)(H,30,34). The van der Waals surface area contributed by atoms with Gasteiger partial charge in [-0.3, -0.25) is 19.4 Å². The molecule has 194 valence electrons. The van der Waals surface area contributed by atoms with Crippen LogP contribution in [-0.4, -0.2) is 87.2 Å². The minimum absolute atomic E-state index is 0.0593. The second kappa shape index (κ2) is 12.9. The molecule has 2 amide bonds. The van der Waals surface area contributed by atoms with Gasteiger partial charge in [0, 0.05) is 76.2 Å². The topological polar surface area (TPSA) is 77.2 Å². The lowest BCUT2D eigenvalue weighted by molar-refractivity contribution is -0.118. The highest BCUT2D eigenvalue weighted by molar-refractivity contribution is 6.02. The third kappa shape index (κ3) is 7.29. The summed E-state index contributed by atoms with van der Waals surface area (Å²) in [6.07, 6.45) is 0. The van der Waals surface area contributed by atoms with Crippen molar-refractivity contribution in [1.82, 2.24) is 15.1 Å². The molecule has 4 rings (SSSR count). The Morgan fingerprint density at radius 1 is 0.917 bits per heavy atom. The first kappa shape index (κ1) is 26.1. The second-order valence-corrected chi connectivity index (χ2v) is 9.83. The summed E-state index contributed by atoms with van der Waals surface area (Å²) in [5.41, 5.74) is 3.49. The van der Waals surface area contributed by atoms with Crippen LogP contribution in [0, 0.1) is 5.92 Å². The van der Waals surface area contributed by atoms with Gasteiger partial charge < -0.3 is 20.3 Å². The van der Waals surface area contributed by atoms with Gasteiger partial charge in [0.25, 0.3) is 5.91 Å². The minimum Gasteiger partial charge on any atom is -0.379 e. The number of hydrogen-bond donors (Lipinski definition) is 2. The Hall–Kier alpha value is -2.94. The summed E-state index contributed by atoms with van der Waals surface area (Å²) in [4.78, 5) is 32.6. The van der Waals surface area contributed by atoms with Gasteiger partial charge in [0.2, 0.25) is 5.91 Å². The molecule has 8 nitrogen and oxygen atoms in total. The van der Waals surface area contributed by atoms with Crippen LogP contribution in [0.1, 0.15) is 29.8 Å². The average molecular weight is 494 g/mol. The van der Waals surface area contributed by atoms with Crippen molar-refractivity contribution < 1.29 is 14.3 Å². The highest BCUT2D eigenvalue weighted by Gasteiger charge is 2.23. The van der Waals surface area contributed by atoms with E-state index in [1.165, 1.54) is 5.56 Å². The smallest absolute Gasteiger partial charge is 0.253 e. The molecular weight excluding hydrogens is 454 g/mol. The van der Waals surface area contributed by atoms with E-state index in [0.717, 1.165) is 71.3 Å². The van der Waals surface area contributed by atoms with E-state index >= 15 is 0 Å². The molecule has 2 heterocycles. The van der Waals surface area contributed by atoms with Crippen molar-refractivity contribution in [2.75, 3.05) is 75.8 Å². The number of piperazine rings is 1. The number of nitrogens with zero attached hydrogens (tertiary/aromatic N) is 3. The van der Waals surface area contributed by atoms with E-state index < -0.39 is 0 Å². The zero-order chi connectivity index (χ0) is 25.3. The Bertz CT molecular complexity index is 999. The summed E-state index contributed by atoms with van der Waals surface area (Å²) in [6, 6.07) is 16.2. The average Bonchev–Trinajstić information content (AvgIpc) is 2.90. The summed E-state index contributed by atoms with van der Waals surface area (Å²) < 4.78 is 5.41. The van der Waals surface area contributed by atoms with E-state index in [-0.39, 0.29) is 17.7 Å². The molecule has 2 aliphatic rings. The normalized spacial score (nSPS) is 17.2. The summed E-state index contributed by atoms with van der Waals surface area (Å²) >= 11 is 0. The Balaban J connectivity index is 1.42. The SMILES string of the molecule is CC(C)C(=O)Nc1ccc(N2CCN(Cc3ccccc3)CC2)c(C(=O)NCCN2CCOCC2)c1. The Morgan fingerprint density at radius 3 is 2.33 bits per heavy atom. The molecule has 0 spiro atoms. The quantitative estimate of drug-likeness (QED) is 0.559. The van der Waals surface area contributed by atoms with Crippen LogP contribution < -0.4 is 15.5 Å². The number of benzene rings is 2. The van der Waals surface area contributed by atoms with Gasteiger partial charge in [-0.05, 0) is 23.8 Å². The minimum atomic E-state index is -0.131. The molecule has 0 aromatic heterocycles. The van der Waals surface area contributed by atoms with Crippen molar-refractivity contribution in [2.45, 2.75) is 20.4 Å². The second-order valence-electron chi connectivity index (χ2n) is 9.83. The summed E-state index contributed by atoms with van der Waals surface area (Å²) in [6.45, 7) is 12.8. The fourth-order valence-electron chi connectivity index (χ4n) is 4.59. The van der Waals surface area contributed by atoms with E-state index in [1.807, 2.05) is 38.1 Å². The van der Waals surface area contributed by atoms with Crippen LogP contribution in [0.2, 0.25) is 0 Å². The van der Waals surface area contributed by atoms with Crippen molar-refractivity contribution in [3.63, 3.8) is 0 Å². The van der Waals surface area contributed by atoms with Gasteiger partial charge in [0.05, 0.1) is 18.8 Å². The zero-order valence-electron chi connectivity index (χ0n) is 21.5. The maximum absolute atomic E-state index is 13.3. The molecule has 2 N–H and O–H groups in total. The monoisotopic (exact) mass is 493 g/mol. The Morgan fingerprint density at radius 2 is 1.64 bits per heavy atom. The molecular formula is C28H39N5O3. The van der Waals surface area contributed by atoms with Crippen LogP contribution in [0.5, 0.6) is 0 Å². The van der Waals surface area contributed by atoms with E-state index in [1.54, 1.807) is 0 Å². The number of hydrogen-bond acceptors (Lipinski definition) is 6. The number of ether oxygens (including phenoxy) is 1. The molecule has 0 unspecified atom stereocenters.